The van der Waals surface area contributed by atoms with Crippen LogP contribution in [0.1, 0.15) is 19.8 Å². The van der Waals surface area contributed by atoms with E-state index in [1.54, 1.807) is 6.92 Å². The highest BCUT2D eigenvalue weighted by Gasteiger charge is 2.33. The molecule has 5 N–H and O–H groups in total. The monoisotopic (exact) mass is 249 g/mol. The van der Waals surface area contributed by atoms with Crippen molar-refractivity contribution < 1.29 is 18.7 Å². The summed E-state index contributed by atoms with van der Waals surface area (Å²) in [5.74, 6) is -1.75. The molecule has 0 bridgehead atoms. The summed E-state index contributed by atoms with van der Waals surface area (Å²) in [6, 6.07) is 0. The summed E-state index contributed by atoms with van der Waals surface area (Å²) in [7, 11) is 0. The maximum absolute atomic E-state index is 13.2. The lowest BCUT2D eigenvalue weighted by Crippen LogP contribution is -2.49. The molecule has 0 aromatic carbocycles. The van der Waals surface area contributed by atoms with Crippen LogP contribution in [-0.2, 0) is 4.79 Å². The molecule has 0 aromatic heterocycles. The number of halogens is 2. The Morgan fingerprint density at radius 1 is 1.59 bits per heavy atom. The molecule has 0 radical (unpaired) electrons. The zero-order chi connectivity index (χ0) is 13.5. The van der Waals surface area contributed by atoms with Crippen LogP contribution in [0.5, 0.6) is 0 Å². The Kier molecular flexibility index (Phi) is 6.34. The number of carboxylic acid groups (broad SMARTS) is 1. The van der Waals surface area contributed by atoms with Crippen molar-refractivity contribution in [1.29, 1.82) is 0 Å². The number of nitrogens with zero attached hydrogens (tertiary/aromatic N) is 1. The summed E-state index contributed by atoms with van der Waals surface area (Å²) in [6.07, 6.45) is 0.543. The molecule has 0 unspecified atom stereocenters. The molecule has 0 aromatic rings. The molecule has 17 heavy (non-hydrogen) atoms. The first-order valence-corrected chi connectivity index (χ1v) is 5.01. The van der Waals surface area contributed by atoms with Crippen LogP contribution in [0, 0.1) is 0 Å². The minimum absolute atomic E-state index is 0.0173. The molecule has 0 fully saturated rings. The predicted molar refractivity (Wildman–Crippen MR) is 61.1 cm³/mol. The number of rotatable bonds is 7. The van der Waals surface area contributed by atoms with Gasteiger partial charge in [0.1, 0.15) is 12.2 Å². The molecule has 5 nitrogen and oxygen atoms in total. The smallest absolute Gasteiger partial charge is 0.326 e. The minimum atomic E-state index is -2.07. The number of alkyl halides is 1. The van der Waals surface area contributed by atoms with E-state index >= 15 is 0 Å². The van der Waals surface area contributed by atoms with E-state index in [4.69, 9.17) is 16.6 Å². The fraction of sp³-hybridized carbons (Fsp3) is 0.600. The topological polar surface area (TPSA) is 102 Å². The van der Waals surface area contributed by atoms with E-state index in [-0.39, 0.29) is 13.0 Å². The summed E-state index contributed by atoms with van der Waals surface area (Å²) in [6.45, 7) is 0.469. The Labute approximate surface area is 98.2 Å². The fourth-order valence-electron chi connectivity index (χ4n) is 0.933. The largest absolute Gasteiger partial charge is 0.480 e. The van der Waals surface area contributed by atoms with Crippen molar-refractivity contribution in [3.8, 4) is 0 Å². The molecule has 98 valence electrons. The van der Waals surface area contributed by atoms with Crippen LogP contribution in [0.2, 0.25) is 0 Å². The highest BCUT2D eigenvalue weighted by molar-refractivity contribution is 5.79. The Bertz CT molecular complexity index is 328. The highest BCUT2D eigenvalue weighted by Crippen LogP contribution is 2.13. The van der Waals surface area contributed by atoms with Crippen LogP contribution >= 0.6 is 0 Å². The van der Waals surface area contributed by atoms with Crippen LogP contribution in [-0.4, -0.2) is 35.7 Å². The van der Waals surface area contributed by atoms with E-state index in [0.29, 0.717) is 5.84 Å². The van der Waals surface area contributed by atoms with E-state index < -0.39 is 30.4 Å². The quantitative estimate of drug-likeness (QED) is 0.457. The molecule has 0 aliphatic carbocycles. The number of hydrogen-bond donors (Lipinski definition) is 3. The molecule has 1 atom stereocenters. The zero-order valence-corrected chi connectivity index (χ0v) is 9.62. The number of amidine groups is 1. The predicted octanol–water partition coefficient (Wildman–Crippen LogP) is 0.749. The minimum Gasteiger partial charge on any atom is -0.480 e. The molecule has 0 aliphatic rings. The van der Waals surface area contributed by atoms with Gasteiger partial charge in [-0.25, -0.2) is 8.78 Å². The average Bonchev–Trinajstić information content (AvgIpc) is 2.25. The van der Waals surface area contributed by atoms with Crippen molar-refractivity contribution in [1.82, 2.24) is 0 Å². The molecular formula is C10H17F2N3O2. The van der Waals surface area contributed by atoms with Crippen molar-refractivity contribution in [3.63, 3.8) is 0 Å². The Hall–Kier alpha value is -1.50. The van der Waals surface area contributed by atoms with Crippen LogP contribution in [0.3, 0.4) is 0 Å². The third-order valence-corrected chi connectivity index (χ3v) is 2.06. The average molecular weight is 249 g/mol. The summed E-state index contributed by atoms with van der Waals surface area (Å²) in [4.78, 5) is 14.4. The molecule has 0 rings (SSSR count). The van der Waals surface area contributed by atoms with Crippen LogP contribution in [0.4, 0.5) is 8.78 Å². The van der Waals surface area contributed by atoms with Gasteiger partial charge in [-0.05, 0) is 13.3 Å². The molecule has 0 aliphatic heterocycles. The fourth-order valence-corrected chi connectivity index (χ4v) is 0.933. The standard InChI is InChI=1S/C10H17F2N3O2/c1-7(13)15-5-3-8(12)2-4-10(14,6-11)9(16)17/h2H,3-6,14H2,1H3,(H2,13,15)(H,16,17)/b8-2+/t10-/m1/s1. The second-order valence-corrected chi connectivity index (χ2v) is 3.72. The van der Waals surface area contributed by atoms with Crippen LogP contribution in [0.25, 0.3) is 0 Å². The van der Waals surface area contributed by atoms with Gasteiger partial charge in [0, 0.05) is 13.0 Å². The number of carboxylic acids is 1. The van der Waals surface area contributed by atoms with E-state index in [0.717, 1.165) is 6.08 Å². The molecular weight excluding hydrogens is 232 g/mol. The normalized spacial score (nSPS) is 16.7. The van der Waals surface area contributed by atoms with Gasteiger partial charge in [-0.2, -0.15) is 0 Å². The molecule has 0 saturated heterocycles. The molecule has 0 saturated carbocycles. The summed E-state index contributed by atoms with van der Waals surface area (Å²) in [5, 5.41) is 8.64. The number of aliphatic carboxylic acids is 1. The number of carbonyl (C=O) groups is 1. The Morgan fingerprint density at radius 2 is 2.18 bits per heavy atom. The van der Waals surface area contributed by atoms with Crippen molar-refractivity contribution in [2.45, 2.75) is 25.3 Å². The zero-order valence-electron chi connectivity index (χ0n) is 9.62. The Balaban J connectivity index is 4.31. The van der Waals surface area contributed by atoms with Gasteiger partial charge in [0.05, 0.1) is 11.7 Å². The van der Waals surface area contributed by atoms with Crippen LogP contribution < -0.4 is 11.5 Å². The third kappa shape index (κ3) is 5.96. The van der Waals surface area contributed by atoms with Gasteiger partial charge < -0.3 is 16.6 Å². The van der Waals surface area contributed by atoms with Gasteiger partial charge in [-0.1, -0.05) is 6.08 Å². The van der Waals surface area contributed by atoms with Gasteiger partial charge in [0.2, 0.25) is 0 Å². The maximum Gasteiger partial charge on any atom is 0.326 e. The second kappa shape index (κ2) is 6.95. The van der Waals surface area contributed by atoms with E-state index in [1.807, 2.05) is 0 Å². The SMILES string of the molecule is CC(N)=NCC/C(F)=C\C[C@@](N)(CF)C(=O)O. The second-order valence-electron chi connectivity index (χ2n) is 3.72. The molecule has 0 amide bonds. The van der Waals surface area contributed by atoms with Crippen molar-refractivity contribution in [2.75, 3.05) is 13.2 Å². The van der Waals surface area contributed by atoms with Crippen molar-refractivity contribution >= 4 is 11.8 Å². The lowest BCUT2D eigenvalue weighted by molar-refractivity contribution is -0.143. The lowest BCUT2D eigenvalue weighted by atomic mass is 9.98. The molecule has 0 heterocycles. The van der Waals surface area contributed by atoms with Gasteiger partial charge >= 0.3 is 5.97 Å². The van der Waals surface area contributed by atoms with Gasteiger partial charge in [-0.3, -0.25) is 9.79 Å². The summed E-state index contributed by atoms with van der Waals surface area (Å²) in [5.41, 5.74) is 8.41. The first-order valence-electron chi connectivity index (χ1n) is 5.01. The van der Waals surface area contributed by atoms with Gasteiger partial charge in [0.25, 0.3) is 0 Å². The van der Waals surface area contributed by atoms with Crippen molar-refractivity contribution in [2.24, 2.45) is 16.5 Å². The summed E-state index contributed by atoms with van der Waals surface area (Å²) >= 11 is 0. The van der Waals surface area contributed by atoms with Gasteiger partial charge in [-0.15, -0.1) is 0 Å². The Morgan fingerprint density at radius 3 is 2.59 bits per heavy atom. The van der Waals surface area contributed by atoms with E-state index in [2.05, 4.69) is 4.99 Å². The van der Waals surface area contributed by atoms with Gasteiger partial charge in [0.15, 0.2) is 0 Å². The molecule has 7 heteroatoms. The molecule has 0 spiro atoms. The number of hydrogen-bond acceptors (Lipinski definition) is 3. The maximum atomic E-state index is 13.2. The third-order valence-electron chi connectivity index (χ3n) is 2.06. The van der Waals surface area contributed by atoms with Crippen molar-refractivity contribution in [3.05, 3.63) is 11.9 Å². The highest BCUT2D eigenvalue weighted by atomic mass is 19.1. The van der Waals surface area contributed by atoms with E-state index in [9.17, 15) is 13.6 Å². The number of nitrogens with two attached hydrogens (primary N) is 2. The van der Waals surface area contributed by atoms with E-state index in [1.165, 1.54) is 0 Å². The first-order chi connectivity index (χ1) is 7.81. The summed E-state index contributed by atoms with van der Waals surface area (Å²) < 4.78 is 25.6. The first kappa shape index (κ1) is 15.5. The lowest BCUT2D eigenvalue weighted by Gasteiger charge is -2.18. The number of aliphatic imine (C=N–C) groups is 1. The van der Waals surface area contributed by atoms with Crippen LogP contribution in [0.15, 0.2) is 16.9 Å².